The van der Waals surface area contributed by atoms with Gasteiger partial charge >= 0.3 is 0 Å². The number of ether oxygens (including phenoxy) is 1. The Morgan fingerprint density at radius 3 is 2.55 bits per heavy atom. The SMILES string of the molecule is COc1ccc([C@H]2CC(=O)Nc3cccc4c3c2cn4Cc2ccccc2)cc1. The molecule has 1 atom stereocenters. The summed E-state index contributed by atoms with van der Waals surface area (Å²) < 4.78 is 7.59. The van der Waals surface area contributed by atoms with Crippen LogP contribution in [-0.2, 0) is 11.3 Å². The Balaban J connectivity index is 1.66. The van der Waals surface area contributed by atoms with E-state index in [1.165, 1.54) is 11.1 Å². The zero-order valence-electron chi connectivity index (χ0n) is 16.3. The third-order valence-corrected chi connectivity index (χ3v) is 5.69. The normalized spacial score (nSPS) is 15.8. The number of hydrogen-bond acceptors (Lipinski definition) is 2. The van der Waals surface area contributed by atoms with Crippen molar-refractivity contribution in [2.45, 2.75) is 18.9 Å². The molecule has 0 unspecified atom stereocenters. The van der Waals surface area contributed by atoms with Crippen molar-refractivity contribution in [1.29, 1.82) is 0 Å². The van der Waals surface area contributed by atoms with Crippen molar-refractivity contribution in [3.8, 4) is 5.75 Å². The highest BCUT2D eigenvalue weighted by Crippen LogP contribution is 2.41. The van der Waals surface area contributed by atoms with E-state index in [1.54, 1.807) is 7.11 Å². The Morgan fingerprint density at radius 1 is 1.00 bits per heavy atom. The van der Waals surface area contributed by atoms with Gasteiger partial charge in [0.05, 0.1) is 18.3 Å². The third kappa shape index (κ3) is 3.17. The molecule has 0 radical (unpaired) electrons. The summed E-state index contributed by atoms with van der Waals surface area (Å²) in [6, 6.07) is 24.6. The average Bonchev–Trinajstić information content (AvgIpc) is 3.04. The molecule has 1 amide bonds. The summed E-state index contributed by atoms with van der Waals surface area (Å²) in [7, 11) is 1.66. The molecule has 4 nitrogen and oxygen atoms in total. The van der Waals surface area contributed by atoms with Crippen molar-refractivity contribution in [3.63, 3.8) is 0 Å². The molecular formula is C25H22N2O2. The Kier molecular flexibility index (Phi) is 4.32. The van der Waals surface area contributed by atoms with Gasteiger partial charge in [-0.15, -0.1) is 0 Å². The molecule has 1 aliphatic heterocycles. The number of carbonyl (C=O) groups is 1. The first kappa shape index (κ1) is 17.6. The van der Waals surface area contributed by atoms with Crippen LogP contribution in [-0.4, -0.2) is 17.6 Å². The summed E-state index contributed by atoms with van der Waals surface area (Å²) in [4.78, 5) is 12.6. The van der Waals surface area contributed by atoms with Gasteiger partial charge in [0.15, 0.2) is 0 Å². The van der Waals surface area contributed by atoms with E-state index in [1.807, 2.05) is 30.3 Å². The van der Waals surface area contributed by atoms with E-state index >= 15 is 0 Å². The molecule has 0 aliphatic carbocycles. The van der Waals surface area contributed by atoms with Crippen LogP contribution in [0, 0.1) is 0 Å². The van der Waals surface area contributed by atoms with Gasteiger partial charge in [-0.1, -0.05) is 48.5 Å². The maximum atomic E-state index is 12.6. The molecule has 5 rings (SSSR count). The van der Waals surface area contributed by atoms with Crippen molar-refractivity contribution < 1.29 is 9.53 Å². The maximum absolute atomic E-state index is 12.6. The van der Waals surface area contributed by atoms with Crippen LogP contribution in [0.15, 0.2) is 79.0 Å². The van der Waals surface area contributed by atoms with Crippen LogP contribution in [0.4, 0.5) is 5.69 Å². The molecule has 1 aliphatic rings. The fourth-order valence-corrected chi connectivity index (χ4v) is 4.29. The van der Waals surface area contributed by atoms with E-state index in [4.69, 9.17) is 4.74 Å². The zero-order valence-corrected chi connectivity index (χ0v) is 16.3. The first-order valence-corrected chi connectivity index (χ1v) is 9.82. The summed E-state index contributed by atoms with van der Waals surface area (Å²) in [5.41, 5.74) is 5.60. The number of rotatable bonds is 4. The van der Waals surface area contributed by atoms with Crippen LogP contribution in [0.3, 0.4) is 0 Å². The highest BCUT2D eigenvalue weighted by molar-refractivity contribution is 6.06. The van der Waals surface area contributed by atoms with E-state index in [0.29, 0.717) is 6.42 Å². The lowest BCUT2D eigenvalue weighted by molar-refractivity contribution is -0.116. The minimum absolute atomic E-state index is 0.00378. The number of nitrogens with zero attached hydrogens (tertiary/aromatic N) is 1. The molecule has 1 N–H and O–H groups in total. The summed E-state index contributed by atoms with van der Waals surface area (Å²) >= 11 is 0. The van der Waals surface area contributed by atoms with E-state index in [-0.39, 0.29) is 11.8 Å². The lowest BCUT2D eigenvalue weighted by Gasteiger charge is -2.15. The Labute approximate surface area is 169 Å². The topological polar surface area (TPSA) is 43.3 Å². The highest BCUT2D eigenvalue weighted by Gasteiger charge is 2.27. The molecule has 0 fully saturated rings. The number of amides is 1. The standard InChI is InChI=1S/C25H22N2O2/c1-29-19-12-10-18(11-13-19)20-14-24(28)26-22-8-5-9-23-25(22)21(20)16-27(23)15-17-6-3-2-4-7-17/h2-13,16,20H,14-15H2,1H3,(H,26,28)/t20-/m1/s1. The summed E-state index contributed by atoms with van der Waals surface area (Å²) in [6.45, 7) is 0.796. The van der Waals surface area contributed by atoms with E-state index in [2.05, 4.69) is 58.5 Å². The van der Waals surface area contributed by atoms with Gasteiger partial charge in [-0.2, -0.15) is 0 Å². The van der Waals surface area contributed by atoms with Gasteiger partial charge in [-0.25, -0.2) is 0 Å². The molecular weight excluding hydrogens is 360 g/mol. The molecule has 0 saturated carbocycles. The largest absolute Gasteiger partial charge is 0.497 e. The minimum atomic E-state index is 0.00378. The Hall–Kier alpha value is -3.53. The predicted octanol–water partition coefficient (Wildman–Crippen LogP) is 5.17. The second kappa shape index (κ2) is 7.13. The second-order valence-corrected chi connectivity index (χ2v) is 7.48. The summed E-state index contributed by atoms with van der Waals surface area (Å²) in [5.74, 6) is 0.868. The van der Waals surface area contributed by atoms with Crippen LogP contribution in [0.5, 0.6) is 5.75 Å². The molecule has 4 aromatic rings. The van der Waals surface area contributed by atoms with Gasteiger partial charge in [0.1, 0.15) is 5.75 Å². The molecule has 0 bridgehead atoms. The van der Waals surface area contributed by atoms with Gasteiger partial charge in [0.2, 0.25) is 5.91 Å². The van der Waals surface area contributed by atoms with Gasteiger partial charge < -0.3 is 14.6 Å². The molecule has 0 saturated heterocycles. The average molecular weight is 382 g/mol. The predicted molar refractivity (Wildman–Crippen MR) is 116 cm³/mol. The number of carbonyl (C=O) groups excluding carboxylic acids is 1. The van der Waals surface area contributed by atoms with Crippen molar-refractivity contribution in [1.82, 2.24) is 4.57 Å². The minimum Gasteiger partial charge on any atom is -0.497 e. The van der Waals surface area contributed by atoms with Crippen molar-refractivity contribution in [3.05, 3.63) is 95.7 Å². The van der Waals surface area contributed by atoms with Crippen LogP contribution in [0.1, 0.15) is 29.0 Å². The lowest BCUT2D eigenvalue weighted by atomic mass is 9.88. The molecule has 144 valence electrons. The van der Waals surface area contributed by atoms with Gasteiger partial charge in [0.25, 0.3) is 0 Å². The van der Waals surface area contributed by atoms with Gasteiger partial charge in [-0.3, -0.25) is 4.79 Å². The smallest absolute Gasteiger partial charge is 0.225 e. The lowest BCUT2D eigenvalue weighted by Crippen LogP contribution is -2.14. The number of nitrogens with one attached hydrogen (secondary N) is 1. The van der Waals surface area contributed by atoms with E-state index in [0.717, 1.165) is 34.4 Å². The van der Waals surface area contributed by atoms with E-state index in [9.17, 15) is 4.79 Å². The molecule has 1 aromatic heterocycles. The first-order chi connectivity index (χ1) is 14.2. The van der Waals surface area contributed by atoms with Crippen LogP contribution in [0.25, 0.3) is 10.9 Å². The molecule has 3 aromatic carbocycles. The summed E-state index contributed by atoms with van der Waals surface area (Å²) in [6.07, 6.45) is 2.64. The number of anilines is 1. The molecule has 0 spiro atoms. The maximum Gasteiger partial charge on any atom is 0.225 e. The van der Waals surface area contributed by atoms with Gasteiger partial charge in [-0.05, 0) is 41.0 Å². The van der Waals surface area contributed by atoms with Gasteiger partial charge in [0, 0.05) is 30.5 Å². The highest BCUT2D eigenvalue weighted by atomic mass is 16.5. The number of hydrogen-bond donors (Lipinski definition) is 1. The number of aromatic nitrogens is 1. The van der Waals surface area contributed by atoms with Crippen molar-refractivity contribution in [2.24, 2.45) is 0 Å². The zero-order chi connectivity index (χ0) is 19.8. The fourth-order valence-electron chi connectivity index (χ4n) is 4.29. The molecule has 4 heteroatoms. The van der Waals surface area contributed by atoms with Crippen LogP contribution >= 0.6 is 0 Å². The van der Waals surface area contributed by atoms with Crippen LogP contribution in [0.2, 0.25) is 0 Å². The molecule has 2 heterocycles. The number of benzene rings is 3. The third-order valence-electron chi connectivity index (χ3n) is 5.69. The van der Waals surface area contributed by atoms with Crippen LogP contribution < -0.4 is 10.1 Å². The number of methoxy groups -OCH3 is 1. The first-order valence-electron chi connectivity index (χ1n) is 9.82. The Morgan fingerprint density at radius 2 is 1.79 bits per heavy atom. The Bertz CT molecular complexity index is 1180. The second-order valence-electron chi connectivity index (χ2n) is 7.48. The fraction of sp³-hybridized carbons (Fsp3) is 0.160. The monoisotopic (exact) mass is 382 g/mol. The van der Waals surface area contributed by atoms with Crippen molar-refractivity contribution >= 4 is 22.5 Å². The molecule has 29 heavy (non-hydrogen) atoms. The quantitative estimate of drug-likeness (QED) is 0.529. The summed E-state index contributed by atoms with van der Waals surface area (Å²) in [5, 5.41) is 4.24. The van der Waals surface area contributed by atoms with E-state index < -0.39 is 0 Å². The van der Waals surface area contributed by atoms with Crippen molar-refractivity contribution in [2.75, 3.05) is 12.4 Å².